The molecule has 2 rings (SSSR count). The number of benzene rings is 2. The minimum absolute atomic E-state index is 0.0897. The first kappa shape index (κ1) is 21.4. The van der Waals surface area contributed by atoms with E-state index >= 15 is 0 Å². The first-order chi connectivity index (χ1) is 13.4. The highest BCUT2D eigenvalue weighted by Crippen LogP contribution is 2.13. The maximum Gasteiger partial charge on any atom is 0.329 e. The van der Waals surface area contributed by atoms with Crippen molar-refractivity contribution in [2.24, 2.45) is 11.7 Å². The number of nitrogens with two attached hydrogens (primary N) is 1. The highest BCUT2D eigenvalue weighted by molar-refractivity contribution is 5.87. The van der Waals surface area contributed by atoms with E-state index in [-0.39, 0.29) is 18.3 Å². The van der Waals surface area contributed by atoms with Crippen molar-refractivity contribution in [2.75, 3.05) is 0 Å². The normalized spacial score (nSPS) is 14.0. The lowest BCUT2D eigenvalue weighted by Crippen LogP contribution is -2.52. The van der Waals surface area contributed by atoms with Gasteiger partial charge in [0.1, 0.15) is 18.4 Å². The Bertz CT molecular complexity index is 762. The monoisotopic (exact) mass is 384 g/mol. The van der Waals surface area contributed by atoms with Crippen LogP contribution < -0.4 is 11.1 Å². The van der Waals surface area contributed by atoms with E-state index in [9.17, 15) is 14.7 Å². The highest BCUT2D eigenvalue weighted by atomic mass is 16.5. The lowest BCUT2D eigenvalue weighted by molar-refractivity contribution is -0.150. The molecule has 0 spiro atoms. The maximum absolute atomic E-state index is 12.6. The summed E-state index contributed by atoms with van der Waals surface area (Å²) in [5.41, 5.74) is 7.73. The van der Waals surface area contributed by atoms with Crippen molar-refractivity contribution in [1.82, 2.24) is 5.32 Å². The number of hydrogen-bond donors (Lipinski definition) is 3. The summed E-state index contributed by atoms with van der Waals surface area (Å²) in [6.07, 6.45) is 1.01. The molecule has 3 atom stereocenters. The van der Waals surface area contributed by atoms with Crippen LogP contribution in [0, 0.1) is 5.92 Å². The molecule has 0 aliphatic carbocycles. The predicted octanol–water partition coefficient (Wildman–Crippen LogP) is 2.54. The van der Waals surface area contributed by atoms with E-state index in [4.69, 9.17) is 10.5 Å². The fourth-order valence-corrected chi connectivity index (χ4v) is 2.73. The lowest BCUT2D eigenvalue weighted by Gasteiger charge is -2.24. The van der Waals surface area contributed by atoms with Gasteiger partial charge in [-0.2, -0.15) is 0 Å². The smallest absolute Gasteiger partial charge is 0.329 e. The van der Waals surface area contributed by atoms with Gasteiger partial charge in [-0.15, -0.1) is 0 Å². The fourth-order valence-electron chi connectivity index (χ4n) is 2.73. The molecule has 1 amide bonds. The molecule has 150 valence electrons. The van der Waals surface area contributed by atoms with Crippen molar-refractivity contribution in [3.8, 4) is 5.75 Å². The third-order valence-corrected chi connectivity index (χ3v) is 4.72. The van der Waals surface area contributed by atoms with Crippen LogP contribution >= 0.6 is 0 Å². The van der Waals surface area contributed by atoms with E-state index < -0.39 is 24.0 Å². The van der Waals surface area contributed by atoms with Crippen molar-refractivity contribution in [3.63, 3.8) is 0 Å². The topological polar surface area (TPSA) is 102 Å². The van der Waals surface area contributed by atoms with Crippen molar-refractivity contribution >= 4 is 11.9 Å². The summed E-state index contributed by atoms with van der Waals surface area (Å²) in [6, 6.07) is 14.3. The van der Waals surface area contributed by atoms with Crippen LogP contribution in [0.5, 0.6) is 5.75 Å². The number of hydrogen-bond acceptors (Lipinski definition) is 5. The van der Waals surface area contributed by atoms with Gasteiger partial charge in [0.25, 0.3) is 0 Å². The molecule has 0 bridgehead atoms. The molecule has 2 aromatic rings. The zero-order chi connectivity index (χ0) is 20.5. The second kappa shape index (κ2) is 10.5. The Morgan fingerprint density at radius 1 is 1.07 bits per heavy atom. The van der Waals surface area contributed by atoms with Gasteiger partial charge >= 0.3 is 5.97 Å². The molecule has 0 aliphatic rings. The SMILES string of the molecule is CCC(C)C(NC(=O)C(N)Cc1ccc(O)cc1)C(=O)OCc1ccccc1. The molecule has 0 saturated heterocycles. The maximum atomic E-state index is 12.6. The number of carbonyl (C=O) groups excluding carboxylic acids is 2. The van der Waals surface area contributed by atoms with E-state index in [2.05, 4.69) is 5.32 Å². The molecule has 0 saturated carbocycles. The number of phenolic OH excluding ortho intramolecular Hbond substituents is 1. The van der Waals surface area contributed by atoms with Crippen LogP contribution in [0.1, 0.15) is 31.4 Å². The average Bonchev–Trinajstić information content (AvgIpc) is 2.71. The summed E-state index contributed by atoms with van der Waals surface area (Å²) < 4.78 is 5.40. The van der Waals surface area contributed by atoms with Crippen LogP contribution in [-0.4, -0.2) is 29.1 Å². The summed E-state index contributed by atoms with van der Waals surface area (Å²) in [6.45, 7) is 3.99. The first-order valence-electron chi connectivity index (χ1n) is 9.45. The summed E-state index contributed by atoms with van der Waals surface area (Å²) in [4.78, 5) is 25.1. The average molecular weight is 384 g/mol. The van der Waals surface area contributed by atoms with Crippen molar-refractivity contribution in [2.45, 2.75) is 45.4 Å². The molecule has 0 heterocycles. The number of nitrogens with one attached hydrogen (secondary N) is 1. The van der Waals surface area contributed by atoms with Crippen molar-refractivity contribution < 1.29 is 19.4 Å². The largest absolute Gasteiger partial charge is 0.508 e. The van der Waals surface area contributed by atoms with Crippen molar-refractivity contribution in [3.05, 3.63) is 65.7 Å². The van der Waals surface area contributed by atoms with Crippen LogP contribution in [-0.2, 0) is 27.4 Å². The summed E-state index contributed by atoms with van der Waals surface area (Å²) in [7, 11) is 0. The summed E-state index contributed by atoms with van der Waals surface area (Å²) in [5.74, 6) is -0.814. The minimum Gasteiger partial charge on any atom is -0.508 e. The molecule has 28 heavy (non-hydrogen) atoms. The number of amides is 1. The van der Waals surface area contributed by atoms with Crippen LogP contribution in [0.4, 0.5) is 0 Å². The molecule has 3 unspecified atom stereocenters. The molecular formula is C22H28N2O4. The zero-order valence-electron chi connectivity index (χ0n) is 16.3. The van der Waals surface area contributed by atoms with Gasteiger partial charge in [0.05, 0.1) is 6.04 Å². The quantitative estimate of drug-likeness (QED) is 0.577. The third-order valence-electron chi connectivity index (χ3n) is 4.72. The van der Waals surface area contributed by atoms with Crippen LogP contribution in [0.3, 0.4) is 0 Å². The molecule has 0 radical (unpaired) electrons. The molecule has 0 aromatic heterocycles. The lowest BCUT2D eigenvalue weighted by atomic mass is 9.98. The second-order valence-electron chi connectivity index (χ2n) is 6.94. The fraction of sp³-hybridized carbons (Fsp3) is 0.364. The Hall–Kier alpha value is -2.86. The van der Waals surface area contributed by atoms with Crippen LogP contribution in [0.15, 0.2) is 54.6 Å². The Balaban J connectivity index is 1.96. The number of aromatic hydroxyl groups is 1. The first-order valence-corrected chi connectivity index (χ1v) is 9.45. The Morgan fingerprint density at radius 2 is 1.71 bits per heavy atom. The third kappa shape index (κ3) is 6.39. The molecule has 0 fully saturated rings. The van der Waals surface area contributed by atoms with Gasteiger partial charge in [0.2, 0.25) is 5.91 Å². The minimum atomic E-state index is -0.807. The van der Waals surface area contributed by atoms with E-state index in [0.717, 1.165) is 11.1 Å². The number of ether oxygens (including phenoxy) is 1. The van der Waals surface area contributed by atoms with Gasteiger partial charge in [0.15, 0.2) is 0 Å². The predicted molar refractivity (Wildman–Crippen MR) is 107 cm³/mol. The van der Waals surface area contributed by atoms with Gasteiger partial charge < -0.3 is 20.9 Å². The van der Waals surface area contributed by atoms with Gasteiger partial charge in [-0.1, -0.05) is 62.7 Å². The molecule has 4 N–H and O–H groups in total. The molecular weight excluding hydrogens is 356 g/mol. The Kier molecular flexibility index (Phi) is 8.02. The number of carbonyl (C=O) groups is 2. The van der Waals surface area contributed by atoms with Gasteiger partial charge in [-0.25, -0.2) is 4.79 Å². The van der Waals surface area contributed by atoms with Crippen molar-refractivity contribution in [1.29, 1.82) is 0 Å². The number of rotatable bonds is 9. The Labute approximate surface area is 165 Å². The van der Waals surface area contributed by atoms with Gasteiger partial charge in [-0.05, 0) is 35.6 Å². The summed E-state index contributed by atoms with van der Waals surface area (Å²) in [5, 5.41) is 12.1. The molecule has 6 heteroatoms. The number of esters is 1. The van der Waals surface area contributed by atoms with E-state index in [1.54, 1.807) is 24.3 Å². The molecule has 0 aliphatic heterocycles. The van der Waals surface area contributed by atoms with E-state index in [0.29, 0.717) is 12.8 Å². The summed E-state index contributed by atoms with van der Waals surface area (Å²) >= 11 is 0. The van der Waals surface area contributed by atoms with Crippen LogP contribution in [0.2, 0.25) is 0 Å². The highest BCUT2D eigenvalue weighted by Gasteiger charge is 2.29. The Morgan fingerprint density at radius 3 is 2.32 bits per heavy atom. The second-order valence-corrected chi connectivity index (χ2v) is 6.94. The van der Waals surface area contributed by atoms with Crippen LogP contribution in [0.25, 0.3) is 0 Å². The standard InChI is InChI=1S/C22H28N2O4/c1-3-15(2)20(22(27)28-14-17-7-5-4-6-8-17)24-21(26)19(23)13-16-9-11-18(25)12-10-16/h4-12,15,19-20,25H,3,13-14,23H2,1-2H3,(H,24,26). The zero-order valence-corrected chi connectivity index (χ0v) is 16.3. The van der Waals surface area contributed by atoms with Gasteiger partial charge in [-0.3, -0.25) is 4.79 Å². The van der Waals surface area contributed by atoms with Gasteiger partial charge in [0, 0.05) is 0 Å². The van der Waals surface area contributed by atoms with E-state index in [1.807, 2.05) is 44.2 Å². The molecule has 6 nitrogen and oxygen atoms in total. The number of phenols is 1. The van der Waals surface area contributed by atoms with E-state index in [1.165, 1.54) is 0 Å². The molecule has 2 aromatic carbocycles.